The quantitative estimate of drug-likeness (QED) is 0.394. The highest BCUT2D eigenvalue weighted by Crippen LogP contribution is 2.28. The van der Waals surface area contributed by atoms with E-state index in [1.807, 2.05) is 0 Å². The standard InChI is InChI=1S/C23H24N4O7/c1-13(2)27-23(31)16-8-6-5-7-15(16)20(26-27)22(30)25-24-21(29)14-9-10-17(18(11-14)32-3)34-12-19(28)33-4/h5-11,13H,12H2,1-4H3,(H,24,29)(H,25,30). The smallest absolute Gasteiger partial charge is 0.343 e. The molecule has 0 atom stereocenters. The largest absolute Gasteiger partial charge is 0.493 e. The maximum Gasteiger partial charge on any atom is 0.343 e. The van der Waals surface area contributed by atoms with Crippen molar-refractivity contribution in [3.8, 4) is 11.5 Å². The van der Waals surface area contributed by atoms with Crippen LogP contribution in [0.4, 0.5) is 0 Å². The van der Waals surface area contributed by atoms with Crippen molar-refractivity contribution in [2.45, 2.75) is 19.9 Å². The molecule has 0 saturated carbocycles. The Morgan fingerprint density at radius 3 is 2.29 bits per heavy atom. The summed E-state index contributed by atoms with van der Waals surface area (Å²) in [7, 11) is 2.62. The summed E-state index contributed by atoms with van der Waals surface area (Å²) in [5.74, 6) is -1.45. The minimum Gasteiger partial charge on any atom is -0.493 e. The molecule has 34 heavy (non-hydrogen) atoms. The van der Waals surface area contributed by atoms with Gasteiger partial charge in [-0.1, -0.05) is 18.2 Å². The van der Waals surface area contributed by atoms with Gasteiger partial charge in [-0.3, -0.25) is 25.2 Å². The van der Waals surface area contributed by atoms with Crippen LogP contribution in [0.3, 0.4) is 0 Å². The lowest BCUT2D eigenvalue weighted by atomic mass is 10.1. The molecule has 0 saturated heterocycles. The highest BCUT2D eigenvalue weighted by molar-refractivity contribution is 6.06. The van der Waals surface area contributed by atoms with E-state index in [-0.39, 0.29) is 41.0 Å². The number of methoxy groups -OCH3 is 2. The van der Waals surface area contributed by atoms with Crippen molar-refractivity contribution in [3.63, 3.8) is 0 Å². The zero-order chi connectivity index (χ0) is 24.8. The molecule has 0 aliphatic carbocycles. The van der Waals surface area contributed by atoms with Crippen LogP contribution in [-0.2, 0) is 9.53 Å². The Morgan fingerprint density at radius 1 is 0.971 bits per heavy atom. The number of ether oxygens (including phenoxy) is 3. The van der Waals surface area contributed by atoms with Crippen molar-refractivity contribution in [1.29, 1.82) is 0 Å². The first-order valence-electron chi connectivity index (χ1n) is 10.3. The number of esters is 1. The summed E-state index contributed by atoms with van der Waals surface area (Å²) in [4.78, 5) is 49.3. The van der Waals surface area contributed by atoms with E-state index < -0.39 is 17.8 Å². The van der Waals surface area contributed by atoms with Crippen LogP contribution < -0.4 is 25.9 Å². The zero-order valence-electron chi connectivity index (χ0n) is 19.1. The Labute approximate surface area is 194 Å². The van der Waals surface area contributed by atoms with E-state index in [1.165, 1.54) is 37.1 Å². The van der Waals surface area contributed by atoms with Gasteiger partial charge < -0.3 is 14.2 Å². The lowest BCUT2D eigenvalue weighted by Gasteiger charge is -2.14. The fourth-order valence-electron chi connectivity index (χ4n) is 3.09. The van der Waals surface area contributed by atoms with Crippen molar-refractivity contribution in [1.82, 2.24) is 20.6 Å². The number of hydrogen-bond donors (Lipinski definition) is 2. The monoisotopic (exact) mass is 468 g/mol. The van der Waals surface area contributed by atoms with Crippen molar-refractivity contribution in [2.24, 2.45) is 0 Å². The fourth-order valence-corrected chi connectivity index (χ4v) is 3.09. The molecule has 3 aromatic rings. The number of carbonyl (C=O) groups is 3. The molecule has 2 aromatic carbocycles. The molecule has 11 heteroatoms. The van der Waals surface area contributed by atoms with Crippen LogP contribution in [0.5, 0.6) is 11.5 Å². The number of fused-ring (bicyclic) bond motifs is 1. The molecule has 0 unspecified atom stereocenters. The van der Waals surface area contributed by atoms with E-state index in [2.05, 4.69) is 20.7 Å². The SMILES string of the molecule is COC(=O)COc1ccc(C(=O)NNC(=O)c2nn(C(C)C)c(=O)c3ccccc23)cc1OC. The minimum atomic E-state index is -0.691. The van der Waals surface area contributed by atoms with Gasteiger partial charge in [0.25, 0.3) is 17.4 Å². The van der Waals surface area contributed by atoms with Crippen molar-refractivity contribution < 1.29 is 28.6 Å². The summed E-state index contributed by atoms with van der Waals surface area (Å²) in [6.45, 7) is 3.23. The Morgan fingerprint density at radius 2 is 1.65 bits per heavy atom. The topological polar surface area (TPSA) is 138 Å². The Hall–Kier alpha value is -4.41. The molecular formula is C23H24N4O7. The molecule has 11 nitrogen and oxygen atoms in total. The number of nitrogens with one attached hydrogen (secondary N) is 2. The molecule has 0 bridgehead atoms. The number of hydrogen-bond acceptors (Lipinski definition) is 8. The van der Waals surface area contributed by atoms with E-state index in [1.54, 1.807) is 38.1 Å². The first-order chi connectivity index (χ1) is 16.3. The Bertz CT molecular complexity index is 1300. The maximum absolute atomic E-state index is 12.8. The van der Waals surface area contributed by atoms with Crippen LogP contribution in [0.25, 0.3) is 10.8 Å². The molecule has 1 aromatic heterocycles. The van der Waals surface area contributed by atoms with Crippen molar-refractivity contribution >= 4 is 28.6 Å². The summed E-state index contributed by atoms with van der Waals surface area (Å²) in [6, 6.07) is 10.6. The van der Waals surface area contributed by atoms with Crippen molar-refractivity contribution in [3.05, 3.63) is 64.1 Å². The maximum atomic E-state index is 12.8. The van der Waals surface area contributed by atoms with Gasteiger partial charge in [0.1, 0.15) is 0 Å². The average Bonchev–Trinajstić information content (AvgIpc) is 2.85. The van der Waals surface area contributed by atoms with E-state index >= 15 is 0 Å². The molecule has 0 radical (unpaired) electrons. The van der Waals surface area contributed by atoms with Crippen molar-refractivity contribution in [2.75, 3.05) is 20.8 Å². The van der Waals surface area contributed by atoms with Gasteiger partial charge in [-0.2, -0.15) is 5.10 Å². The van der Waals surface area contributed by atoms with Crippen LogP contribution in [-0.4, -0.2) is 48.4 Å². The van der Waals surface area contributed by atoms with Crippen LogP contribution in [0.2, 0.25) is 0 Å². The third kappa shape index (κ3) is 5.14. The highest BCUT2D eigenvalue weighted by Gasteiger charge is 2.19. The molecule has 0 aliphatic heterocycles. The summed E-state index contributed by atoms with van der Waals surface area (Å²) < 4.78 is 16.3. The zero-order valence-corrected chi connectivity index (χ0v) is 19.1. The van der Waals surface area contributed by atoms with Gasteiger partial charge in [-0.15, -0.1) is 0 Å². The first-order valence-corrected chi connectivity index (χ1v) is 10.3. The first kappa shape index (κ1) is 24.2. The minimum absolute atomic E-state index is 0.00617. The molecule has 0 aliphatic rings. The molecule has 0 spiro atoms. The molecular weight excluding hydrogens is 444 g/mol. The Balaban J connectivity index is 1.78. The van der Waals surface area contributed by atoms with Crippen LogP contribution in [0, 0.1) is 0 Å². The van der Waals surface area contributed by atoms with Gasteiger partial charge in [0.2, 0.25) is 0 Å². The van der Waals surface area contributed by atoms with E-state index in [0.29, 0.717) is 10.8 Å². The molecule has 3 rings (SSSR count). The van der Waals surface area contributed by atoms with E-state index in [9.17, 15) is 19.2 Å². The number of hydrazine groups is 1. The predicted octanol–water partition coefficient (Wildman–Crippen LogP) is 1.61. The molecule has 0 fully saturated rings. The average molecular weight is 468 g/mol. The fraction of sp³-hybridized carbons (Fsp3) is 0.261. The van der Waals surface area contributed by atoms with Crippen LogP contribution in [0.1, 0.15) is 40.7 Å². The van der Waals surface area contributed by atoms with E-state index in [0.717, 1.165) is 0 Å². The van der Waals surface area contributed by atoms with Crippen LogP contribution >= 0.6 is 0 Å². The summed E-state index contributed by atoms with van der Waals surface area (Å²) in [5.41, 5.74) is 4.49. The number of carbonyl (C=O) groups excluding carboxylic acids is 3. The Kier molecular flexibility index (Phi) is 7.46. The van der Waals surface area contributed by atoms with Gasteiger partial charge >= 0.3 is 5.97 Å². The summed E-state index contributed by atoms with van der Waals surface area (Å²) in [6.07, 6.45) is 0. The molecule has 178 valence electrons. The van der Waals surface area contributed by atoms with E-state index in [4.69, 9.17) is 9.47 Å². The number of amides is 2. The predicted molar refractivity (Wildman–Crippen MR) is 122 cm³/mol. The molecule has 2 N–H and O–H groups in total. The third-order valence-corrected chi connectivity index (χ3v) is 4.82. The summed E-state index contributed by atoms with van der Waals surface area (Å²) in [5, 5.41) is 4.91. The lowest BCUT2D eigenvalue weighted by Crippen LogP contribution is -2.43. The summed E-state index contributed by atoms with van der Waals surface area (Å²) >= 11 is 0. The van der Waals surface area contributed by atoms with Gasteiger partial charge in [0.15, 0.2) is 23.8 Å². The number of rotatable bonds is 7. The number of benzene rings is 2. The lowest BCUT2D eigenvalue weighted by molar-refractivity contribution is -0.142. The highest BCUT2D eigenvalue weighted by atomic mass is 16.6. The van der Waals surface area contributed by atoms with Crippen LogP contribution in [0.15, 0.2) is 47.3 Å². The van der Waals surface area contributed by atoms with Gasteiger partial charge in [0.05, 0.1) is 25.6 Å². The van der Waals surface area contributed by atoms with Gasteiger partial charge in [0, 0.05) is 10.9 Å². The second kappa shape index (κ2) is 10.5. The molecule has 1 heterocycles. The normalized spacial score (nSPS) is 10.6. The third-order valence-electron chi connectivity index (χ3n) is 4.82. The second-order valence-corrected chi connectivity index (χ2v) is 7.38. The van der Waals surface area contributed by atoms with Gasteiger partial charge in [-0.25, -0.2) is 9.48 Å². The number of aromatic nitrogens is 2. The number of nitrogens with zero attached hydrogens (tertiary/aromatic N) is 2. The second-order valence-electron chi connectivity index (χ2n) is 7.38. The molecule has 2 amide bonds. The van der Waals surface area contributed by atoms with Gasteiger partial charge in [-0.05, 0) is 38.1 Å².